The van der Waals surface area contributed by atoms with Crippen LogP contribution in [0.2, 0.25) is 0 Å². The summed E-state index contributed by atoms with van der Waals surface area (Å²) in [4.78, 5) is 24.1. The van der Waals surface area contributed by atoms with Crippen molar-refractivity contribution in [3.63, 3.8) is 0 Å². The summed E-state index contributed by atoms with van der Waals surface area (Å²) in [7, 11) is 0. The predicted octanol–water partition coefficient (Wildman–Crippen LogP) is 1.91. The standard InChI is InChI=1S/C16H16F2N4O/c1-11-19-5-4-15(20-11)21-6-7-22(16(23)10-21)9-12-2-3-13(17)8-14(12)18/h2-5,8H,6-7,9-10H2,1H3. The van der Waals surface area contributed by atoms with E-state index < -0.39 is 11.6 Å². The highest BCUT2D eigenvalue weighted by Gasteiger charge is 2.25. The lowest BCUT2D eigenvalue weighted by Gasteiger charge is -2.35. The fourth-order valence-corrected chi connectivity index (χ4v) is 2.55. The molecule has 2 heterocycles. The molecule has 0 saturated carbocycles. The van der Waals surface area contributed by atoms with Crippen LogP contribution in [-0.2, 0) is 11.3 Å². The lowest BCUT2D eigenvalue weighted by molar-refractivity contribution is -0.131. The van der Waals surface area contributed by atoms with E-state index in [9.17, 15) is 13.6 Å². The first kappa shape index (κ1) is 15.3. The van der Waals surface area contributed by atoms with E-state index >= 15 is 0 Å². The number of hydrogen-bond donors (Lipinski definition) is 0. The number of hydrogen-bond acceptors (Lipinski definition) is 4. The van der Waals surface area contributed by atoms with Gasteiger partial charge in [0, 0.05) is 37.5 Å². The molecule has 5 nitrogen and oxygen atoms in total. The van der Waals surface area contributed by atoms with Gasteiger partial charge in [0.05, 0.1) is 6.54 Å². The van der Waals surface area contributed by atoms with E-state index in [1.165, 1.54) is 12.1 Å². The third-order valence-corrected chi connectivity index (χ3v) is 3.78. The van der Waals surface area contributed by atoms with Crippen molar-refractivity contribution < 1.29 is 13.6 Å². The molecule has 0 unspecified atom stereocenters. The van der Waals surface area contributed by atoms with Crippen LogP contribution in [0.4, 0.5) is 14.6 Å². The van der Waals surface area contributed by atoms with E-state index in [2.05, 4.69) is 9.97 Å². The largest absolute Gasteiger partial charge is 0.345 e. The normalized spacial score (nSPS) is 15.2. The Morgan fingerprint density at radius 3 is 2.74 bits per heavy atom. The number of piperazine rings is 1. The van der Waals surface area contributed by atoms with Gasteiger partial charge in [-0.05, 0) is 19.1 Å². The van der Waals surface area contributed by atoms with Crippen molar-refractivity contribution in [2.45, 2.75) is 13.5 Å². The summed E-state index contributed by atoms with van der Waals surface area (Å²) in [6.45, 7) is 3.17. The third kappa shape index (κ3) is 3.44. The molecule has 1 aliphatic heterocycles. The summed E-state index contributed by atoms with van der Waals surface area (Å²) >= 11 is 0. The molecule has 120 valence electrons. The van der Waals surface area contributed by atoms with Crippen molar-refractivity contribution in [3.05, 3.63) is 53.5 Å². The van der Waals surface area contributed by atoms with E-state index in [0.717, 1.165) is 6.07 Å². The Labute approximate surface area is 132 Å². The zero-order valence-corrected chi connectivity index (χ0v) is 12.7. The Bertz CT molecular complexity index is 738. The van der Waals surface area contributed by atoms with Crippen molar-refractivity contribution in [2.75, 3.05) is 24.5 Å². The van der Waals surface area contributed by atoms with E-state index in [4.69, 9.17) is 0 Å². The number of amides is 1. The molecule has 0 radical (unpaired) electrons. The molecule has 1 aliphatic rings. The molecule has 1 amide bonds. The van der Waals surface area contributed by atoms with E-state index in [1.807, 2.05) is 4.90 Å². The zero-order valence-electron chi connectivity index (χ0n) is 12.7. The van der Waals surface area contributed by atoms with Gasteiger partial charge in [0.2, 0.25) is 5.91 Å². The number of carbonyl (C=O) groups excluding carboxylic acids is 1. The minimum Gasteiger partial charge on any atom is -0.345 e. The minimum absolute atomic E-state index is 0.115. The molecule has 0 bridgehead atoms. The highest BCUT2D eigenvalue weighted by Crippen LogP contribution is 2.17. The molecule has 1 aromatic carbocycles. The van der Waals surface area contributed by atoms with Crippen LogP contribution >= 0.6 is 0 Å². The molecule has 0 atom stereocenters. The smallest absolute Gasteiger partial charge is 0.242 e. The first-order valence-electron chi connectivity index (χ1n) is 7.29. The average Bonchev–Trinajstić information content (AvgIpc) is 2.51. The van der Waals surface area contributed by atoms with Crippen LogP contribution in [0.3, 0.4) is 0 Å². The highest BCUT2D eigenvalue weighted by molar-refractivity contribution is 5.82. The molecule has 0 N–H and O–H groups in total. The highest BCUT2D eigenvalue weighted by atomic mass is 19.1. The fraction of sp³-hybridized carbons (Fsp3) is 0.312. The van der Waals surface area contributed by atoms with Crippen molar-refractivity contribution in [1.29, 1.82) is 0 Å². The maximum Gasteiger partial charge on any atom is 0.242 e. The monoisotopic (exact) mass is 318 g/mol. The Kier molecular flexibility index (Phi) is 4.18. The second-order valence-electron chi connectivity index (χ2n) is 5.43. The summed E-state index contributed by atoms with van der Waals surface area (Å²) in [6, 6.07) is 5.16. The fourth-order valence-electron chi connectivity index (χ4n) is 2.55. The van der Waals surface area contributed by atoms with Crippen LogP contribution in [0.1, 0.15) is 11.4 Å². The number of rotatable bonds is 3. The first-order chi connectivity index (χ1) is 11.0. The summed E-state index contributed by atoms with van der Waals surface area (Å²) in [5.41, 5.74) is 0.311. The van der Waals surface area contributed by atoms with E-state index in [1.54, 1.807) is 24.1 Å². The summed E-state index contributed by atoms with van der Waals surface area (Å²) in [5, 5.41) is 0. The first-order valence-corrected chi connectivity index (χ1v) is 7.29. The number of aryl methyl sites for hydroxylation is 1. The van der Waals surface area contributed by atoms with Crippen LogP contribution in [-0.4, -0.2) is 40.4 Å². The Morgan fingerprint density at radius 2 is 2.04 bits per heavy atom. The van der Waals surface area contributed by atoms with Gasteiger partial charge in [0.25, 0.3) is 0 Å². The predicted molar refractivity (Wildman–Crippen MR) is 80.8 cm³/mol. The molecular weight excluding hydrogens is 302 g/mol. The van der Waals surface area contributed by atoms with E-state index in [-0.39, 0.29) is 19.0 Å². The quantitative estimate of drug-likeness (QED) is 0.867. The SMILES string of the molecule is Cc1nccc(N2CCN(Cc3ccc(F)cc3F)C(=O)C2)n1. The second-order valence-corrected chi connectivity index (χ2v) is 5.43. The molecule has 1 saturated heterocycles. The van der Waals surface area contributed by atoms with Gasteiger partial charge in [0.1, 0.15) is 23.3 Å². The summed E-state index contributed by atoms with van der Waals surface area (Å²) in [5.74, 6) is -0.0198. The molecule has 3 rings (SSSR count). The maximum absolute atomic E-state index is 13.7. The summed E-state index contributed by atoms with van der Waals surface area (Å²) < 4.78 is 26.6. The van der Waals surface area contributed by atoms with Crippen molar-refractivity contribution in [2.24, 2.45) is 0 Å². The molecule has 2 aromatic rings. The molecule has 7 heteroatoms. The molecule has 23 heavy (non-hydrogen) atoms. The van der Waals surface area contributed by atoms with Crippen LogP contribution in [0.25, 0.3) is 0 Å². The lowest BCUT2D eigenvalue weighted by Crippen LogP contribution is -2.50. The molecule has 1 aromatic heterocycles. The lowest BCUT2D eigenvalue weighted by atomic mass is 10.1. The molecule has 0 aliphatic carbocycles. The van der Waals surface area contributed by atoms with Crippen molar-refractivity contribution >= 4 is 11.7 Å². The number of anilines is 1. The van der Waals surface area contributed by atoms with Gasteiger partial charge >= 0.3 is 0 Å². The van der Waals surface area contributed by atoms with E-state index in [0.29, 0.717) is 30.3 Å². The molecular formula is C16H16F2N4O. The van der Waals surface area contributed by atoms with Gasteiger partial charge in [-0.25, -0.2) is 18.7 Å². The van der Waals surface area contributed by atoms with Gasteiger partial charge in [0.15, 0.2) is 0 Å². The molecule has 1 fully saturated rings. The molecule has 0 spiro atoms. The van der Waals surface area contributed by atoms with Gasteiger partial charge < -0.3 is 9.80 Å². The maximum atomic E-state index is 13.7. The third-order valence-electron chi connectivity index (χ3n) is 3.78. The van der Waals surface area contributed by atoms with Gasteiger partial charge in [-0.2, -0.15) is 0 Å². The van der Waals surface area contributed by atoms with Gasteiger partial charge in [-0.15, -0.1) is 0 Å². The minimum atomic E-state index is -0.633. The number of aromatic nitrogens is 2. The second kappa shape index (κ2) is 6.28. The number of nitrogens with zero attached hydrogens (tertiary/aromatic N) is 4. The van der Waals surface area contributed by atoms with Crippen LogP contribution in [0.5, 0.6) is 0 Å². The summed E-state index contributed by atoms with van der Waals surface area (Å²) in [6.07, 6.45) is 1.66. The van der Waals surface area contributed by atoms with Crippen molar-refractivity contribution in [3.8, 4) is 0 Å². The zero-order chi connectivity index (χ0) is 16.4. The number of halogens is 2. The topological polar surface area (TPSA) is 49.3 Å². The Balaban J connectivity index is 1.68. The van der Waals surface area contributed by atoms with Gasteiger partial charge in [-0.3, -0.25) is 4.79 Å². The van der Waals surface area contributed by atoms with Crippen LogP contribution in [0.15, 0.2) is 30.5 Å². The van der Waals surface area contributed by atoms with Crippen molar-refractivity contribution in [1.82, 2.24) is 14.9 Å². The van der Waals surface area contributed by atoms with Crippen LogP contribution < -0.4 is 4.90 Å². The number of carbonyl (C=O) groups is 1. The average molecular weight is 318 g/mol. The van der Waals surface area contributed by atoms with Gasteiger partial charge in [-0.1, -0.05) is 6.07 Å². The van der Waals surface area contributed by atoms with Crippen LogP contribution in [0, 0.1) is 18.6 Å². The Hall–Kier alpha value is -2.57. The number of benzene rings is 1. The Morgan fingerprint density at radius 1 is 1.22 bits per heavy atom.